The van der Waals surface area contributed by atoms with Gasteiger partial charge in [-0.3, -0.25) is 0 Å². The average molecular weight is 336 g/mol. The van der Waals surface area contributed by atoms with Gasteiger partial charge in [-0.15, -0.1) is 0 Å². The van der Waals surface area contributed by atoms with Gasteiger partial charge in [-0.25, -0.2) is 9.59 Å². The smallest absolute Gasteiger partial charge is 0.339 e. The Hall–Kier alpha value is -1.27. The van der Waals surface area contributed by atoms with Crippen LogP contribution in [0.2, 0.25) is 5.02 Å². The molecule has 2 amide bonds. The summed E-state index contributed by atoms with van der Waals surface area (Å²) in [5.74, 6) is -0.469. The number of rotatable bonds is 5. The number of urea groups is 1. The van der Waals surface area contributed by atoms with Crippen LogP contribution < -0.4 is 11.1 Å². The topological polar surface area (TPSA) is 81.4 Å². The molecule has 1 rings (SSSR count). The summed E-state index contributed by atoms with van der Waals surface area (Å²) < 4.78 is 5.64. The highest BCUT2D eigenvalue weighted by Gasteiger charge is 2.11. The predicted molar refractivity (Wildman–Crippen MR) is 71.6 cm³/mol. The molecule has 0 saturated carbocycles. The largest absolute Gasteiger partial charge is 0.462 e. The van der Waals surface area contributed by atoms with Gasteiger partial charge < -0.3 is 15.8 Å². The van der Waals surface area contributed by atoms with Crippen LogP contribution in [0.5, 0.6) is 0 Å². The third-order valence-corrected chi connectivity index (χ3v) is 2.93. The Balaban J connectivity index is 2.41. The average Bonchev–Trinajstić information content (AvgIpc) is 2.31. The Kier molecular flexibility index (Phi) is 5.94. The molecule has 98 valence electrons. The van der Waals surface area contributed by atoms with Crippen LogP contribution in [-0.4, -0.2) is 25.2 Å². The number of halogens is 2. The van der Waals surface area contributed by atoms with Crippen LogP contribution in [0.15, 0.2) is 22.7 Å². The second-order valence-electron chi connectivity index (χ2n) is 3.40. The van der Waals surface area contributed by atoms with E-state index in [1.165, 1.54) is 6.07 Å². The first-order chi connectivity index (χ1) is 8.50. The second kappa shape index (κ2) is 7.23. The van der Waals surface area contributed by atoms with Crippen molar-refractivity contribution >= 4 is 39.5 Å². The van der Waals surface area contributed by atoms with E-state index in [0.717, 1.165) is 0 Å². The van der Waals surface area contributed by atoms with Gasteiger partial charge in [0.25, 0.3) is 0 Å². The number of nitrogens with one attached hydrogen (secondary N) is 1. The molecule has 1 aromatic carbocycles. The maximum atomic E-state index is 11.7. The number of hydrogen-bond acceptors (Lipinski definition) is 3. The molecule has 0 bridgehead atoms. The third-order valence-electron chi connectivity index (χ3n) is 2.00. The van der Waals surface area contributed by atoms with Crippen molar-refractivity contribution in [3.8, 4) is 0 Å². The fourth-order valence-electron chi connectivity index (χ4n) is 1.18. The van der Waals surface area contributed by atoms with E-state index in [9.17, 15) is 9.59 Å². The summed E-state index contributed by atoms with van der Waals surface area (Å²) >= 11 is 9.03. The predicted octanol–water partition coefficient (Wildman–Crippen LogP) is 2.32. The molecule has 3 N–H and O–H groups in total. The molecule has 0 spiro atoms. The molecule has 0 fully saturated rings. The summed E-state index contributed by atoms with van der Waals surface area (Å²) in [4.78, 5) is 22.1. The van der Waals surface area contributed by atoms with E-state index in [2.05, 4.69) is 21.2 Å². The lowest BCUT2D eigenvalue weighted by atomic mass is 10.2. The molecule has 5 nitrogen and oxygen atoms in total. The molecule has 0 aromatic heterocycles. The first-order valence-electron chi connectivity index (χ1n) is 5.16. The third kappa shape index (κ3) is 4.93. The van der Waals surface area contributed by atoms with E-state index in [-0.39, 0.29) is 6.61 Å². The summed E-state index contributed by atoms with van der Waals surface area (Å²) in [5.41, 5.74) is 5.25. The Morgan fingerprint density at radius 1 is 1.44 bits per heavy atom. The van der Waals surface area contributed by atoms with Crippen molar-refractivity contribution in [3.05, 3.63) is 33.3 Å². The summed E-state index contributed by atoms with van der Waals surface area (Å²) in [7, 11) is 0. The molecular weight excluding hydrogens is 323 g/mol. The van der Waals surface area contributed by atoms with Crippen molar-refractivity contribution in [2.24, 2.45) is 5.73 Å². The zero-order valence-electron chi connectivity index (χ0n) is 9.41. The van der Waals surface area contributed by atoms with E-state index >= 15 is 0 Å². The quantitative estimate of drug-likeness (QED) is 0.640. The molecular formula is C11H12BrClN2O3. The van der Waals surface area contributed by atoms with E-state index in [4.69, 9.17) is 22.1 Å². The Morgan fingerprint density at radius 3 is 2.83 bits per heavy atom. The van der Waals surface area contributed by atoms with Gasteiger partial charge in [0.1, 0.15) is 0 Å². The molecule has 0 unspecified atom stereocenters. The van der Waals surface area contributed by atoms with Gasteiger partial charge in [0, 0.05) is 16.0 Å². The van der Waals surface area contributed by atoms with Gasteiger partial charge in [-0.1, -0.05) is 11.6 Å². The highest BCUT2D eigenvalue weighted by Crippen LogP contribution is 2.21. The minimum atomic E-state index is -0.598. The minimum Gasteiger partial charge on any atom is -0.462 e. The lowest BCUT2D eigenvalue weighted by Gasteiger charge is -2.07. The number of benzene rings is 1. The summed E-state index contributed by atoms with van der Waals surface area (Å²) in [6.07, 6.45) is 0.493. The van der Waals surface area contributed by atoms with Gasteiger partial charge >= 0.3 is 12.0 Å². The Bertz CT molecular complexity index is 454. The van der Waals surface area contributed by atoms with Crippen molar-refractivity contribution in [2.45, 2.75) is 6.42 Å². The molecule has 1 aromatic rings. The van der Waals surface area contributed by atoms with E-state index in [0.29, 0.717) is 28.0 Å². The van der Waals surface area contributed by atoms with Crippen molar-refractivity contribution in [3.63, 3.8) is 0 Å². The second-order valence-corrected chi connectivity index (χ2v) is 4.70. The van der Waals surface area contributed by atoms with Crippen LogP contribution in [0.4, 0.5) is 4.79 Å². The van der Waals surface area contributed by atoms with E-state index < -0.39 is 12.0 Å². The molecule has 0 saturated heterocycles. The van der Waals surface area contributed by atoms with E-state index in [1.54, 1.807) is 12.1 Å². The summed E-state index contributed by atoms with van der Waals surface area (Å²) in [5, 5.41) is 2.86. The van der Waals surface area contributed by atoms with Crippen LogP contribution in [0, 0.1) is 0 Å². The number of hydrogen-bond donors (Lipinski definition) is 2. The SMILES string of the molecule is NC(=O)NCCCOC(=O)c1cc(Cl)ccc1Br. The molecule has 0 atom stereocenters. The van der Waals surface area contributed by atoms with Gasteiger partial charge in [-0.2, -0.15) is 0 Å². The summed E-state index contributed by atoms with van der Waals surface area (Å²) in [6.45, 7) is 0.553. The van der Waals surface area contributed by atoms with Gasteiger partial charge in [0.05, 0.1) is 12.2 Å². The van der Waals surface area contributed by atoms with Crippen LogP contribution in [0.3, 0.4) is 0 Å². The highest BCUT2D eigenvalue weighted by atomic mass is 79.9. The number of carbonyl (C=O) groups is 2. The zero-order valence-corrected chi connectivity index (χ0v) is 11.8. The van der Waals surface area contributed by atoms with Crippen molar-refractivity contribution in [2.75, 3.05) is 13.2 Å². The molecule has 0 aliphatic heterocycles. The number of primary amides is 1. The van der Waals surface area contributed by atoms with Crippen molar-refractivity contribution in [1.29, 1.82) is 0 Å². The fraction of sp³-hybridized carbons (Fsp3) is 0.273. The Morgan fingerprint density at radius 2 is 2.17 bits per heavy atom. The number of amides is 2. The van der Waals surface area contributed by atoms with Crippen LogP contribution in [0.1, 0.15) is 16.8 Å². The molecule has 0 aliphatic carbocycles. The molecule has 0 heterocycles. The first-order valence-corrected chi connectivity index (χ1v) is 6.33. The lowest BCUT2D eigenvalue weighted by Crippen LogP contribution is -2.30. The van der Waals surface area contributed by atoms with Gasteiger partial charge in [-0.05, 0) is 40.5 Å². The standard InChI is InChI=1S/C11H12BrClN2O3/c12-9-3-2-7(13)6-8(9)10(16)18-5-1-4-15-11(14)17/h2-3,6H,1,4-5H2,(H3,14,15,17). The first kappa shape index (κ1) is 14.8. The molecule has 7 heteroatoms. The maximum Gasteiger partial charge on any atom is 0.339 e. The van der Waals surface area contributed by atoms with Crippen molar-refractivity contribution < 1.29 is 14.3 Å². The summed E-state index contributed by atoms with van der Waals surface area (Å²) in [6, 6.07) is 4.27. The number of carbonyl (C=O) groups excluding carboxylic acids is 2. The number of nitrogens with two attached hydrogens (primary N) is 1. The van der Waals surface area contributed by atoms with Crippen LogP contribution in [-0.2, 0) is 4.74 Å². The van der Waals surface area contributed by atoms with Crippen LogP contribution >= 0.6 is 27.5 Å². The lowest BCUT2D eigenvalue weighted by molar-refractivity contribution is 0.0500. The number of ether oxygens (including phenoxy) is 1. The normalized spacial score (nSPS) is 9.89. The monoisotopic (exact) mass is 334 g/mol. The van der Waals surface area contributed by atoms with Gasteiger partial charge in [0.15, 0.2) is 0 Å². The fourth-order valence-corrected chi connectivity index (χ4v) is 1.76. The van der Waals surface area contributed by atoms with Crippen molar-refractivity contribution in [1.82, 2.24) is 5.32 Å². The zero-order chi connectivity index (χ0) is 13.5. The molecule has 0 radical (unpaired) electrons. The molecule has 0 aliphatic rings. The van der Waals surface area contributed by atoms with Gasteiger partial charge in [0.2, 0.25) is 0 Å². The van der Waals surface area contributed by atoms with Crippen LogP contribution in [0.25, 0.3) is 0 Å². The van der Waals surface area contributed by atoms with E-state index in [1.807, 2.05) is 0 Å². The Labute approximate surface area is 118 Å². The number of esters is 1. The molecule has 18 heavy (non-hydrogen) atoms. The highest BCUT2D eigenvalue weighted by molar-refractivity contribution is 9.10. The maximum absolute atomic E-state index is 11.7. The minimum absolute atomic E-state index is 0.193.